The maximum Gasteiger partial charge on any atom is 0.322 e. The molecule has 6 nitrogen and oxygen atoms in total. The number of hydrogen-bond acceptors (Lipinski definition) is 3. The van der Waals surface area contributed by atoms with Gasteiger partial charge in [0.25, 0.3) is 0 Å². The summed E-state index contributed by atoms with van der Waals surface area (Å²) >= 11 is 0. The lowest BCUT2D eigenvalue weighted by atomic mass is 10.2. The van der Waals surface area contributed by atoms with E-state index in [-0.39, 0.29) is 18.0 Å². The molecule has 0 radical (unpaired) electrons. The smallest absolute Gasteiger partial charge is 0.322 e. The average Bonchev–Trinajstić information content (AvgIpc) is 3.43. The summed E-state index contributed by atoms with van der Waals surface area (Å²) in [5.74, 6) is 1.83. The molecule has 1 aliphatic heterocycles. The van der Waals surface area contributed by atoms with Gasteiger partial charge in [0.2, 0.25) is 5.91 Å². The molecule has 3 amide bonds. The van der Waals surface area contributed by atoms with Crippen LogP contribution in [0.2, 0.25) is 0 Å². The van der Waals surface area contributed by atoms with Crippen molar-refractivity contribution in [2.45, 2.75) is 58.0 Å². The van der Waals surface area contributed by atoms with Crippen LogP contribution < -0.4 is 10.2 Å². The van der Waals surface area contributed by atoms with Crippen molar-refractivity contribution in [2.75, 3.05) is 16.8 Å². The van der Waals surface area contributed by atoms with Crippen molar-refractivity contribution >= 4 is 23.3 Å². The topological polar surface area (TPSA) is 65.8 Å². The van der Waals surface area contributed by atoms with Crippen LogP contribution in [-0.4, -0.2) is 29.4 Å². The number of hydrogen-bond donors (Lipinski definition) is 1. The molecule has 1 saturated heterocycles. The molecule has 148 valence electrons. The maximum atomic E-state index is 13.0. The Morgan fingerprint density at radius 1 is 1.14 bits per heavy atom. The van der Waals surface area contributed by atoms with Gasteiger partial charge >= 0.3 is 6.03 Å². The Morgan fingerprint density at radius 2 is 1.89 bits per heavy atom. The lowest BCUT2D eigenvalue weighted by Gasteiger charge is -2.28. The number of aryl methyl sites for hydroxylation is 1. The molecule has 6 heteroatoms. The second-order valence-corrected chi connectivity index (χ2v) is 7.70. The van der Waals surface area contributed by atoms with Gasteiger partial charge in [-0.05, 0) is 62.6 Å². The summed E-state index contributed by atoms with van der Waals surface area (Å²) in [6.07, 6.45) is 5.89. The number of rotatable bonds is 5. The van der Waals surface area contributed by atoms with Gasteiger partial charge in [-0.25, -0.2) is 4.79 Å². The molecule has 1 aromatic heterocycles. The molecule has 4 rings (SSSR count). The van der Waals surface area contributed by atoms with E-state index < -0.39 is 0 Å². The molecular formula is C22H27N3O3. The van der Waals surface area contributed by atoms with Crippen LogP contribution >= 0.6 is 0 Å². The van der Waals surface area contributed by atoms with E-state index in [0.717, 1.165) is 61.5 Å². The Labute approximate surface area is 165 Å². The van der Waals surface area contributed by atoms with Gasteiger partial charge in [-0.1, -0.05) is 12.8 Å². The van der Waals surface area contributed by atoms with E-state index in [9.17, 15) is 9.59 Å². The zero-order chi connectivity index (χ0) is 19.5. The summed E-state index contributed by atoms with van der Waals surface area (Å²) in [4.78, 5) is 28.6. The van der Waals surface area contributed by atoms with Crippen molar-refractivity contribution in [3.8, 4) is 0 Å². The van der Waals surface area contributed by atoms with Crippen LogP contribution in [-0.2, 0) is 11.3 Å². The van der Waals surface area contributed by atoms with Gasteiger partial charge in [0.05, 0.1) is 6.54 Å². The number of amides is 3. The van der Waals surface area contributed by atoms with E-state index in [1.54, 1.807) is 4.90 Å². The minimum absolute atomic E-state index is 0.106. The van der Waals surface area contributed by atoms with Gasteiger partial charge in [0, 0.05) is 30.4 Å². The van der Waals surface area contributed by atoms with E-state index in [1.165, 1.54) is 0 Å². The fraction of sp³-hybridized carbons (Fsp3) is 0.455. The van der Waals surface area contributed by atoms with Crippen molar-refractivity contribution in [3.05, 3.63) is 47.9 Å². The Kier molecular flexibility index (Phi) is 5.37. The molecular weight excluding hydrogens is 354 g/mol. The van der Waals surface area contributed by atoms with E-state index in [1.807, 2.05) is 48.2 Å². The summed E-state index contributed by atoms with van der Waals surface area (Å²) in [5, 5.41) is 3.02. The highest BCUT2D eigenvalue weighted by atomic mass is 16.3. The van der Waals surface area contributed by atoms with Crippen LogP contribution in [0.1, 0.15) is 50.0 Å². The standard InChI is InChI=1S/C22H27N3O3/c1-16-8-13-20(28-16)15-25(18-5-2-3-6-18)22(27)23-17-9-11-19(12-10-17)24-14-4-7-21(24)26/h8-13,18H,2-7,14-15H2,1H3,(H,23,27). The largest absolute Gasteiger partial charge is 0.464 e. The van der Waals surface area contributed by atoms with Gasteiger partial charge in [-0.15, -0.1) is 0 Å². The minimum atomic E-state index is -0.106. The zero-order valence-electron chi connectivity index (χ0n) is 16.3. The highest BCUT2D eigenvalue weighted by molar-refractivity contribution is 5.96. The molecule has 1 aliphatic carbocycles. The predicted molar refractivity (Wildman–Crippen MR) is 108 cm³/mol. The number of anilines is 2. The highest BCUT2D eigenvalue weighted by Crippen LogP contribution is 2.27. The molecule has 2 fully saturated rings. The van der Waals surface area contributed by atoms with E-state index in [2.05, 4.69) is 5.32 Å². The lowest BCUT2D eigenvalue weighted by molar-refractivity contribution is -0.117. The SMILES string of the molecule is Cc1ccc(CN(C(=O)Nc2ccc(N3CCCC3=O)cc2)C2CCCC2)o1. The minimum Gasteiger partial charge on any atom is -0.464 e. The summed E-state index contributed by atoms with van der Waals surface area (Å²) in [5.41, 5.74) is 1.62. The Balaban J connectivity index is 1.45. The third-order valence-electron chi connectivity index (χ3n) is 5.65. The first-order valence-corrected chi connectivity index (χ1v) is 10.1. The molecule has 0 spiro atoms. The summed E-state index contributed by atoms with van der Waals surface area (Å²) < 4.78 is 5.70. The van der Waals surface area contributed by atoms with Crippen molar-refractivity contribution in [3.63, 3.8) is 0 Å². The van der Waals surface area contributed by atoms with Crippen molar-refractivity contribution in [2.24, 2.45) is 0 Å². The molecule has 2 aliphatic rings. The first kappa shape index (κ1) is 18.6. The Hall–Kier alpha value is -2.76. The quantitative estimate of drug-likeness (QED) is 0.817. The van der Waals surface area contributed by atoms with E-state index in [4.69, 9.17) is 4.42 Å². The monoisotopic (exact) mass is 381 g/mol. The lowest BCUT2D eigenvalue weighted by Crippen LogP contribution is -2.41. The Morgan fingerprint density at radius 3 is 2.50 bits per heavy atom. The number of benzene rings is 1. The highest BCUT2D eigenvalue weighted by Gasteiger charge is 2.28. The Bertz CT molecular complexity index is 837. The van der Waals surface area contributed by atoms with Gasteiger partial charge in [0.1, 0.15) is 11.5 Å². The second-order valence-electron chi connectivity index (χ2n) is 7.70. The normalized spacial score (nSPS) is 17.3. The van der Waals surface area contributed by atoms with Gasteiger partial charge in [-0.3, -0.25) is 4.79 Å². The molecule has 0 atom stereocenters. The molecule has 28 heavy (non-hydrogen) atoms. The molecule has 1 aromatic carbocycles. The third-order valence-corrected chi connectivity index (χ3v) is 5.65. The van der Waals surface area contributed by atoms with Gasteiger partial charge < -0.3 is 19.5 Å². The third kappa shape index (κ3) is 4.06. The van der Waals surface area contributed by atoms with Crippen LogP contribution in [0.3, 0.4) is 0 Å². The molecule has 0 bridgehead atoms. The fourth-order valence-electron chi connectivity index (χ4n) is 4.16. The van der Waals surface area contributed by atoms with Crippen LogP contribution in [0, 0.1) is 6.92 Å². The summed E-state index contributed by atoms with van der Waals surface area (Å²) in [6.45, 7) is 3.16. The van der Waals surface area contributed by atoms with Crippen LogP contribution in [0.5, 0.6) is 0 Å². The maximum absolute atomic E-state index is 13.0. The summed E-state index contributed by atoms with van der Waals surface area (Å²) in [6, 6.07) is 11.5. The molecule has 2 heterocycles. The second kappa shape index (κ2) is 8.09. The van der Waals surface area contributed by atoms with Crippen LogP contribution in [0.15, 0.2) is 40.8 Å². The summed E-state index contributed by atoms with van der Waals surface area (Å²) in [7, 11) is 0. The zero-order valence-corrected chi connectivity index (χ0v) is 16.3. The number of furan rings is 1. The number of carbonyl (C=O) groups is 2. The molecule has 0 unspecified atom stereocenters. The average molecular weight is 381 g/mol. The first-order valence-electron chi connectivity index (χ1n) is 10.1. The predicted octanol–water partition coefficient (Wildman–Crippen LogP) is 4.69. The van der Waals surface area contributed by atoms with Crippen molar-refractivity contribution < 1.29 is 14.0 Å². The van der Waals surface area contributed by atoms with E-state index in [0.29, 0.717) is 13.0 Å². The first-order chi connectivity index (χ1) is 13.6. The van der Waals surface area contributed by atoms with Crippen molar-refractivity contribution in [1.29, 1.82) is 0 Å². The molecule has 1 saturated carbocycles. The fourth-order valence-corrected chi connectivity index (χ4v) is 4.16. The van der Waals surface area contributed by atoms with Gasteiger partial charge in [-0.2, -0.15) is 0 Å². The number of carbonyl (C=O) groups excluding carboxylic acids is 2. The number of nitrogens with one attached hydrogen (secondary N) is 1. The van der Waals surface area contributed by atoms with Crippen LogP contribution in [0.4, 0.5) is 16.2 Å². The van der Waals surface area contributed by atoms with Gasteiger partial charge in [0.15, 0.2) is 0 Å². The molecule has 1 N–H and O–H groups in total. The van der Waals surface area contributed by atoms with Crippen molar-refractivity contribution in [1.82, 2.24) is 4.90 Å². The molecule has 2 aromatic rings. The van der Waals surface area contributed by atoms with Crippen LogP contribution in [0.25, 0.3) is 0 Å². The number of nitrogens with zero attached hydrogens (tertiary/aromatic N) is 2. The van der Waals surface area contributed by atoms with E-state index >= 15 is 0 Å². The number of urea groups is 1.